The Morgan fingerprint density at radius 1 is 1.38 bits per heavy atom. The lowest BCUT2D eigenvalue weighted by Gasteiger charge is -2.11. The van der Waals surface area contributed by atoms with E-state index in [9.17, 15) is 9.50 Å². The quantitative estimate of drug-likeness (QED) is 0.667. The lowest BCUT2D eigenvalue weighted by Crippen LogP contribution is -2.10. The summed E-state index contributed by atoms with van der Waals surface area (Å²) >= 11 is 0. The smallest absolute Gasteiger partial charge is 0.124 e. The van der Waals surface area contributed by atoms with E-state index in [-0.39, 0.29) is 17.9 Å². The summed E-state index contributed by atoms with van der Waals surface area (Å²) in [5.41, 5.74) is 6.03. The predicted octanol–water partition coefficient (Wildman–Crippen LogP) is 1.46. The molecular formula is C9H12FNO2. The number of hydrogen-bond donors (Lipinski definition) is 3. The van der Waals surface area contributed by atoms with Gasteiger partial charge in [0.05, 0.1) is 6.67 Å². The first kappa shape index (κ1) is 9.80. The van der Waals surface area contributed by atoms with Crippen LogP contribution in [0.15, 0.2) is 18.2 Å². The van der Waals surface area contributed by atoms with Gasteiger partial charge in [-0.15, -0.1) is 0 Å². The lowest BCUT2D eigenvalue weighted by atomic mass is 10.0. The minimum atomic E-state index is -0.526. The Bertz CT molecular complexity index is 291. The molecule has 0 unspecified atom stereocenters. The molecule has 0 bridgehead atoms. The number of rotatable bonds is 3. The number of phenols is 2. The van der Waals surface area contributed by atoms with E-state index in [2.05, 4.69) is 0 Å². The number of phenolic OH excluding ortho intramolecular Hbond substituents is 2. The summed E-state index contributed by atoms with van der Waals surface area (Å²) in [4.78, 5) is 0. The van der Waals surface area contributed by atoms with Crippen LogP contribution >= 0.6 is 0 Å². The SMILES string of the molecule is N[C@H](CCF)c1ccc(O)cc1O. The zero-order valence-electron chi connectivity index (χ0n) is 7.07. The van der Waals surface area contributed by atoms with Crippen LogP contribution in [0.2, 0.25) is 0 Å². The van der Waals surface area contributed by atoms with Gasteiger partial charge in [0.25, 0.3) is 0 Å². The number of nitrogens with two attached hydrogens (primary N) is 1. The van der Waals surface area contributed by atoms with Crippen molar-refractivity contribution in [2.75, 3.05) is 6.67 Å². The largest absolute Gasteiger partial charge is 0.508 e. The molecule has 1 rings (SSSR count). The fourth-order valence-electron chi connectivity index (χ4n) is 1.12. The van der Waals surface area contributed by atoms with Crippen LogP contribution in [-0.2, 0) is 0 Å². The average Bonchev–Trinajstić information content (AvgIpc) is 2.04. The van der Waals surface area contributed by atoms with Gasteiger partial charge in [-0.05, 0) is 12.5 Å². The Morgan fingerprint density at radius 3 is 2.62 bits per heavy atom. The van der Waals surface area contributed by atoms with E-state index < -0.39 is 12.7 Å². The molecule has 1 aromatic rings. The van der Waals surface area contributed by atoms with Crippen molar-refractivity contribution in [3.63, 3.8) is 0 Å². The highest BCUT2D eigenvalue weighted by Gasteiger charge is 2.10. The van der Waals surface area contributed by atoms with E-state index in [4.69, 9.17) is 10.8 Å². The Balaban J connectivity index is 2.88. The Labute approximate surface area is 75.6 Å². The van der Waals surface area contributed by atoms with Crippen LogP contribution in [0.25, 0.3) is 0 Å². The number of benzene rings is 1. The van der Waals surface area contributed by atoms with Crippen LogP contribution in [0.5, 0.6) is 11.5 Å². The third-order valence-electron chi connectivity index (χ3n) is 1.83. The van der Waals surface area contributed by atoms with Crippen molar-refractivity contribution in [2.45, 2.75) is 12.5 Å². The van der Waals surface area contributed by atoms with Gasteiger partial charge in [-0.25, -0.2) is 0 Å². The standard InChI is InChI=1S/C9H12FNO2/c10-4-3-8(11)7-2-1-6(12)5-9(7)13/h1-2,5,8,12-13H,3-4,11H2/t8-/m1/s1. The monoisotopic (exact) mass is 185 g/mol. The summed E-state index contributed by atoms with van der Waals surface area (Å²) in [7, 11) is 0. The Hall–Kier alpha value is -1.29. The van der Waals surface area contributed by atoms with E-state index in [0.717, 1.165) is 0 Å². The molecule has 0 aliphatic carbocycles. The van der Waals surface area contributed by atoms with Crippen LogP contribution in [0.1, 0.15) is 18.0 Å². The summed E-state index contributed by atoms with van der Waals surface area (Å²) in [5.74, 6) is -0.130. The minimum Gasteiger partial charge on any atom is -0.508 e. The molecule has 3 nitrogen and oxygen atoms in total. The third-order valence-corrected chi connectivity index (χ3v) is 1.83. The molecule has 0 aliphatic heterocycles. The van der Waals surface area contributed by atoms with Crippen molar-refractivity contribution in [3.8, 4) is 11.5 Å². The van der Waals surface area contributed by atoms with Crippen molar-refractivity contribution in [3.05, 3.63) is 23.8 Å². The van der Waals surface area contributed by atoms with Crippen LogP contribution in [0.4, 0.5) is 4.39 Å². The van der Waals surface area contributed by atoms with E-state index in [0.29, 0.717) is 5.56 Å². The Kier molecular flexibility index (Phi) is 3.08. The van der Waals surface area contributed by atoms with Crippen LogP contribution in [0, 0.1) is 0 Å². The molecule has 72 valence electrons. The van der Waals surface area contributed by atoms with Crippen molar-refractivity contribution in [1.82, 2.24) is 0 Å². The van der Waals surface area contributed by atoms with Gasteiger partial charge in [-0.2, -0.15) is 0 Å². The second kappa shape index (κ2) is 4.09. The van der Waals surface area contributed by atoms with Crippen molar-refractivity contribution in [1.29, 1.82) is 0 Å². The Morgan fingerprint density at radius 2 is 2.08 bits per heavy atom. The van der Waals surface area contributed by atoms with Gasteiger partial charge in [-0.3, -0.25) is 4.39 Å². The number of aromatic hydroxyl groups is 2. The minimum absolute atomic E-state index is 0.0336. The summed E-state index contributed by atoms with van der Waals surface area (Å²) in [6.07, 6.45) is 0.165. The van der Waals surface area contributed by atoms with Crippen molar-refractivity contribution < 1.29 is 14.6 Å². The summed E-state index contributed by atoms with van der Waals surface area (Å²) in [6, 6.07) is 3.57. The summed E-state index contributed by atoms with van der Waals surface area (Å²) in [6.45, 7) is -0.526. The van der Waals surface area contributed by atoms with Gasteiger partial charge in [0.2, 0.25) is 0 Å². The molecule has 0 heterocycles. The summed E-state index contributed by atoms with van der Waals surface area (Å²) < 4.78 is 11.9. The maximum Gasteiger partial charge on any atom is 0.124 e. The summed E-state index contributed by atoms with van der Waals surface area (Å²) in [5, 5.41) is 18.3. The normalized spacial score (nSPS) is 12.8. The number of halogens is 1. The molecule has 4 heteroatoms. The second-order valence-electron chi connectivity index (χ2n) is 2.83. The highest BCUT2D eigenvalue weighted by Crippen LogP contribution is 2.28. The number of hydrogen-bond acceptors (Lipinski definition) is 3. The fourth-order valence-corrected chi connectivity index (χ4v) is 1.12. The molecule has 0 aliphatic rings. The van der Waals surface area contributed by atoms with E-state index in [1.165, 1.54) is 18.2 Å². The van der Waals surface area contributed by atoms with Crippen LogP contribution < -0.4 is 5.73 Å². The maximum absolute atomic E-state index is 11.9. The highest BCUT2D eigenvalue weighted by molar-refractivity contribution is 5.40. The van der Waals surface area contributed by atoms with Gasteiger partial charge < -0.3 is 15.9 Å². The van der Waals surface area contributed by atoms with Crippen molar-refractivity contribution in [2.24, 2.45) is 5.73 Å². The molecule has 0 radical (unpaired) electrons. The topological polar surface area (TPSA) is 66.5 Å². The van der Waals surface area contributed by atoms with Gasteiger partial charge in [0.1, 0.15) is 11.5 Å². The molecule has 4 N–H and O–H groups in total. The zero-order valence-corrected chi connectivity index (χ0v) is 7.07. The molecule has 0 aromatic heterocycles. The molecule has 0 saturated carbocycles. The van der Waals surface area contributed by atoms with Gasteiger partial charge >= 0.3 is 0 Å². The van der Waals surface area contributed by atoms with Crippen LogP contribution in [0.3, 0.4) is 0 Å². The molecule has 13 heavy (non-hydrogen) atoms. The second-order valence-corrected chi connectivity index (χ2v) is 2.83. The molecule has 0 amide bonds. The predicted molar refractivity (Wildman–Crippen MR) is 47.3 cm³/mol. The molecule has 1 aromatic carbocycles. The highest BCUT2D eigenvalue weighted by atomic mass is 19.1. The molecule has 0 fully saturated rings. The first-order chi connectivity index (χ1) is 6.15. The van der Waals surface area contributed by atoms with Crippen molar-refractivity contribution >= 4 is 0 Å². The van der Waals surface area contributed by atoms with Crippen LogP contribution in [-0.4, -0.2) is 16.9 Å². The van der Waals surface area contributed by atoms with E-state index >= 15 is 0 Å². The molecule has 0 saturated heterocycles. The number of alkyl halides is 1. The molecular weight excluding hydrogens is 173 g/mol. The lowest BCUT2D eigenvalue weighted by molar-refractivity contribution is 0.419. The third kappa shape index (κ3) is 2.32. The van der Waals surface area contributed by atoms with Gasteiger partial charge in [-0.1, -0.05) is 6.07 Å². The fraction of sp³-hybridized carbons (Fsp3) is 0.333. The molecule has 0 spiro atoms. The molecule has 1 atom stereocenters. The first-order valence-corrected chi connectivity index (χ1v) is 3.98. The van der Waals surface area contributed by atoms with Gasteiger partial charge in [0, 0.05) is 17.7 Å². The average molecular weight is 185 g/mol. The first-order valence-electron chi connectivity index (χ1n) is 3.98. The maximum atomic E-state index is 11.9. The zero-order chi connectivity index (χ0) is 9.84. The van der Waals surface area contributed by atoms with Gasteiger partial charge in [0.15, 0.2) is 0 Å². The van der Waals surface area contributed by atoms with E-state index in [1.54, 1.807) is 0 Å². The van der Waals surface area contributed by atoms with E-state index in [1.807, 2.05) is 0 Å².